The van der Waals surface area contributed by atoms with Gasteiger partial charge in [0, 0.05) is 17.7 Å². The highest BCUT2D eigenvalue weighted by molar-refractivity contribution is 6.19. The molecule has 2 rings (SSSR count). The summed E-state index contributed by atoms with van der Waals surface area (Å²) in [5.74, 6) is -1.60. The lowest BCUT2D eigenvalue weighted by molar-refractivity contribution is -0.152. The van der Waals surface area contributed by atoms with Gasteiger partial charge in [-0.2, -0.15) is 0 Å². The number of aliphatic hydroxyl groups excluding tert-OH is 1. The first-order valence-corrected chi connectivity index (χ1v) is 8.27. The molecule has 1 unspecified atom stereocenters. The third-order valence-electron chi connectivity index (χ3n) is 4.04. The number of hydrogen-bond donors (Lipinski definition) is 4. The van der Waals surface area contributed by atoms with Gasteiger partial charge in [0.25, 0.3) is 0 Å². The van der Waals surface area contributed by atoms with Crippen molar-refractivity contribution in [1.29, 1.82) is 0 Å². The first-order chi connectivity index (χ1) is 12.8. The number of fused-ring (bicyclic) bond motifs is 1. The van der Waals surface area contributed by atoms with E-state index in [0.717, 1.165) is 0 Å². The number of ketones is 1. The van der Waals surface area contributed by atoms with Crippen LogP contribution in [0.2, 0.25) is 0 Å². The molecule has 2 amide bonds. The lowest BCUT2D eigenvalue weighted by Gasteiger charge is -2.20. The highest BCUT2D eigenvalue weighted by Crippen LogP contribution is 2.40. The second-order valence-corrected chi connectivity index (χ2v) is 5.89. The van der Waals surface area contributed by atoms with Crippen molar-refractivity contribution in [2.75, 3.05) is 30.6 Å². The first kappa shape index (κ1) is 20.2. The van der Waals surface area contributed by atoms with Gasteiger partial charge in [-0.15, -0.1) is 0 Å². The predicted molar refractivity (Wildman–Crippen MR) is 93.9 cm³/mol. The maximum Gasteiger partial charge on any atom is 0.425 e. The minimum absolute atomic E-state index is 0.0888. The van der Waals surface area contributed by atoms with Gasteiger partial charge >= 0.3 is 12.1 Å². The number of carbonyl (C=O) groups is 4. The summed E-state index contributed by atoms with van der Waals surface area (Å²) in [6.07, 6.45) is -0.919. The molecular weight excluding hydrogens is 358 g/mol. The average Bonchev–Trinajstić information content (AvgIpc) is 2.91. The Kier molecular flexibility index (Phi) is 6.35. The van der Waals surface area contributed by atoms with Gasteiger partial charge in [-0.1, -0.05) is 0 Å². The van der Waals surface area contributed by atoms with Crippen molar-refractivity contribution < 1.29 is 33.8 Å². The normalized spacial score (nSPS) is 17.5. The number of esters is 1. The number of ether oxygens (including phenoxy) is 2. The molecule has 0 fully saturated rings. The molecule has 0 saturated heterocycles. The highest BCUT2D eigenvalue weighted by Gasteiger charge is 2.50. The zero-order valence-corrected chi connectivity index (χ0v) is 15.0. The maximum absolute atomic E-state index is 12.3. The molecule has 0 radical (unpaired) electrons. The van der Waals surface area contributed by atoms with Crippen molar-refractivity contribution in [2.45, 2.75) is 25.7 Å². The van der Waals surface area contributed by atoms with Crippen LogP contribution in [0.5, 0.6) is 0 Å². The van der Waals surface area contributed by atoms with Crippen molar-refractivity contribution in [3.8, 4) is 0 Å². The van der Waals surface area contributed by atoms with Crippen LogP contribution in [0.4, 0.5) is 16.2 Å². The predicted octanol–water partition coefficient (Wildman–Crippen LogP) is 0.464. The first-order valence-electron chi connectivity index (χ1n) is 8.27. The molecule has 146 valence electrons. The van der Waals surface area contributed by atoms with Crippen LogP contribution in [0.1, 0.15) is 25.8 Å². The Morgan fingerprint density at radius 1 is 1.26 bits per heavy atom. The van der Waals surface area contributed by atoms with Crippen molar-refractivity contribution in [3.05, 3.63) is 23.8 Å². The van der Waals surface area contributed by atoms with Crippen molar-refractivity contribution in [1.82, 2.24) is 5.43 Å². The smallest absolute Gasteiger partial charge is 0.425 e. The van der Waals surface area contributed by atoms with E-state index in [-0.39, 0.29) is 19.6 Å². The summed E-state index contributed by atoms with van der Waals surface area (Å²) in [5, 5.41) is 11.2. The molecule has 4 N–H and O–H groups in total. The van der Waals surface area contributed by atoms with Gasteiger partial charge in [-0.25, -0.2) is 10.2 Å². The largest absolute Gasteiger partial charge is 0.465 e. The van der Waals surface area contributed by atoms with Crippen LogP contribution in [0, 0.1) is 0 Å². The quantitative estimate of drug-likeness (QED) is 0.290. The summed E-state index contributed by atoms with van der Waals surface area (Å²) in [5.41, 5.74) is 4.68. The fraction of sp³-hybridized carbons (Fsp3) is 0.412. The topological polar surface area (TPSA) is 143 Å². The number of amides is 2. The second-order valence-electron chi connectivity index (χ2n) is 5.89. The number of anilines is 2. The summed E-state index contributed by atoms with van der Waals surface area (Å²) in [7, 11) is 0. The van der Waals surface area contributed by atoms with Crippen LogP contribution in [0.25, 0.3) is 0 Å². The van der Waals surface area contributed by atoms with Crippen molar-refractivity contribution >= 4 is 35.1 Å². The van der Waals surface area contributed by atoms with E-state index in [0.29, 0.717) is 16.9 Å². The number of aliphatic hydroxyl groups is 1. The van der Waals surface area contributed by atoms with Crippen LogP contribution in [-0.4, -0.2) is 48.7 Å². The molecule has 1 atom stereocenters. The zero-order valence-electron chi connectivity index (χ0n) is 15.0. The summed E-state index contributed by atoms with van der Waals surface area (Å²) >= 11 is 0. The van der Waals surface area contributed by atoms with Crippen LogP contribution in [-0.2, 0) is 29.3 Å². The molecule has 27 heavy (non-hydrogen) atoms. The molecule has 1 aromatic carbocycles. The van der Waals surface area contributed by atoms with Gasteiger partial charge in [-0.3, -0.25) is 19.8 Å². The fourth-order valence-corrected chi connectivity index (χ4v) is 2.49. The Morgan fingerprint density at radius 3 is 2.67 bits per heavy atom. The Hall–Kier alpha value is -3.14. The number of nitrogens with one attached hydrogen (secondary N) is 3. The lowest BCUT2D eigenvalue weighted by Crippen LogP contribution is -2.41. The maximum atomic E-state index is 12.3. The third-order valence-corrected chi connectivity index (χ3v) is 4.04. The van der Waals surface area contributed by atoms with Crippen molar-refractivity contribution in [2.24, 2.45) is 0 Å². The number of rotatable bonds is 8. The van der Waals surface area contributed by atoms with Gasteiger partial charge in [0.05, 0.1) is 12.3 Å². The summed E-state index contributed by atoms with van der Waals surface area (Å²) < 4.78 is 9.78. The molecule has 1 aliphatic rings. The molecule has 10 nitrogen and oxygen atoms in total. The van der Waals surface area contributed by atoms with E-state index in [9.17, 15) is 19.2 Å². The van der Waals surface area contributed by atoms with E-state index in [4.69, 9.17) is 14.6 Å². The van der Waals surface area contributed by atoms with Crippen LogP contribution in [0.3, 0.4) is 0 Å². The Labute approximate surface area is 155 Å². The van der Waals surface area contributed by atoms with E-state index >= 15 is 0 Å². The number of carbonyl (C=O) groups excluding carboxylic acids is 4. The van der Waals surface area contributed by atoms with Crippen LogP contribution < -0.4 is 16.2 Å². The summed E-state index contributed by atoms with van der Waals surface area (Å²) in [6.45, 7) is 2.48. The van der Waals surface area contributed by atoms with E-state index in [1.807, 2.05) is 0 Å². The molecule has 0 saturated carbocycles. The summed E-state index contributed by atoms with van der Waals surface area (Å²) in [4.78, 5) is 47.1. The fourth-order valence-electron chi connectivity index (χ4n) is 2.49. The number of Topliss-reactive ketones (excluding diaryl/α,β-unsaturated/α-hetero) is 1. The van der Waals surface area contributed by atoms with Gasteiger partial charge in [-0.05, 0) is 32.0 Å². The second kappa shape index (κ2) is 8.49. The zero-order chi connectivity index (χ0) is 20.0. The average molecular weight is 379 g/mol. The minimum atomic E-state index is -1.49. The van der Waals surface area contributed by atoms with E-state index in [1.54, 1.807) is 25.1 Å². The molecule has 0 aromatic heterocycles. The molecule has 0 spiro atoms. The standard InChI is InChI=1S/C17H21N3O7/c1-3-26-15(24)17(2)12-8-10(4-5-13(12)18-14(17)23)19-20-16(25)27-7-6-11(22)9-21/h4-5,8,19,21H,3,6-7,9H2,1-2H3,(H,18,23)(H,20,25). The molecule has 0 bridgehead atoms. The Balaban J connectivity index is 2.02. The third kappa shape index (κ3) is 4.34. The Bertz CT molecular complexity index is 765. The lowest BCUT2D eigenvalue weighted by atomic mass is 9.83. The Morgan fingerprint density at radius 2 is 2.00 bits per heavy atom. The van der Waals surface area contributed by atoms with E-state index in [2.05, 4.69) is 16.2 Å². The highest BCUT2D eigenvalue weighted by atomic mass is 16.6. The molecule has 10 heteroatoms. The van der Waals surface area contributed by atoms with E-state index in [1.165, 1.54) is 6.92 Å². The minimum Gasteiger partial charge on any atom is -0.465 e. The monoisotopic (exact) mass is 379 g/mol. The molecule has 1 heterocycles. The summed E-state index contributed by atoms with van der Waals surface area (Å²) in [6, 6.07) is 4.72. The van der Waals surface area contributed by atoms with Crippen LogP contribution >= 0.6 is 0 Å². The van der Waals surface area contributed by atoms with Gasteiger partial charge in [0.15, 0.2) is 11.2 Å². The van der Waals surface area contributed by atoms with Crippen molar-refractivity contribution in [3.63, 3.8) is 0 Å². The number of hydrogen-bond acceptors (Lipinski definition) is 8. The molecule has 1 aliphatic heterocycles. The SMILES string of the molecule is CCOC(=O)C1(C)C(=O)Nc2ccc(NNC(=O)OCCC(=O)CO)cc21. The molecule has 1 aromatic rings. The molecular formula is C17H21N3O7. The number of hydrazine groups is 1. The van der Waals surface area contributed by atoms with Gasteiger partial charge < -0.3 is 19.9 Å². The van der Waals surface area contributed by atoms with Gasteiger partial charge in [0.2, 0.25) is 5.91 Å². The van der Waals surface area contributed by atoms with E-state index < -0.39 is 35.8 Å². The van der Waals surface area contributed by atoms with Crippen LogP contribution in [0.15, 0.2) is 18.2 Å². The number of benzene rings is 1. The molecule has 0 aliphatic carbocycles. The van der Waals surface area contributed by atoms with Gasteiger partial charge in [0.1, 0.15) is 13.2 Å².